The molecule has 0 fully saturated rings. The lowest BCUT2D eigenvalue weighted by atomic mass is 10.1. The van der Waals surface area contributed by atoms with Crippen molar-refractivity contribution in [3.05, 3.63) is 58.0 Å². The first-order valence-electron chi connectivity index (χ1n) is 7.58. The summed E-state index contributed by atoms with van der Waals surface area (Å²) in [6.07, 6.45) is 1.72. The standard InChI is InChI=1S/C18H19N3O2S/c1-12-16(13-4-6-15(23-3)7-5-13)10-17(24-12)18(22)19-11-14-8-9-20-21(14)2/h4-10H,11H2,1-3H3,(H,19,22). The molecular formula is C18H19N3O2S. The van der Waals surface area contributed by atoms with Gasteiger partial charge in [0.25, 0.3) is 5.91 Å². The molecule has 0 aliphatic rings. The molecule has 3 aromatic rings. The Balaban J connectivity index is 1.75. The summed E-state index contributed by atoms with van der Waals surface area (Å²) in [5, 5.41) is 7.04. The molecule has 2 heterocycles. The summed E-state index contributed by atoms with van der Waals surface area (Å²) in [6.45, 7) is 2.49. The summed E-state index contributed by atoms with van der Waals surface area (Å²) in [7, 11) is 3.51. The number of ether oxygens (including phenoxy) is 1. The fourth-order valence-corrected chi connectivity index (χ4v) is 3.44. The largest absolute Gasteiger partial charge is 0.497 e. The number of benzene rings is 1. The monoisotopic (exact) mass is 341 g/mol. The molecule has 0 atom stereocenters. The second-order valence-corrected chi connectivity index (χ2v) is 6.69. The van der Waals surface area contributed by atoms with Crippen molar-refractivity contribution in [3.63, 3.8) is 0 Å². The molecular weight excluding hydrogens is 322 g/mol. The number of amides is 1. The molecule has 0 spiro atoms. The van der Waals surface area contributed by atoms with E-state index in [0.717, 1.165) is 27.4 Å². The molecule has 0 radical (unpaired) electrons. The summed E-state index contributed by atoms with van der Waals surface area (Å²) in [5.74, 6) is 0.754. The number of hydrogen-bond donors (Lipinski definition) is 1. The van der Waals surface area contributed by atoms with E-state index in [-0.39, 0.29) is 5.91 Å². The topological polar surface area (TPSA) is 56.1 Å². The van der Waals surface area contributed by atoms with Gasteiger partial charge in [-0.25, -0.2) is 0 Å². The van der Waals surface area contributed by atoms with E-state index < -0.39 is 0 Å². The van der Waals surface area contributed by atoms with Crippen LogP contribution in [0.4, 0.5) is 0 Å². The Labute approximate surface area is 144 Å². The van der Waals surface area contributed by atoms with Crippen LogP contribution in [-0.4, -0.2) is 22.8 Å². The molecule has 2 aromatic heterocycles. The van der Waals surface area contributed by atoms with Crippen molar-refractivity contribution < 1.29 is 9.53 Å². The van der Waals surface area contributed by atoms with Gasteiger partial charge < -0.3 is 10.1 Å². The Morgan fingerprint density at radius 1 is 1.29 bits per heavy atom. The SMILES string of the molecule is COc1ccc(-c2cc(C(=O)NCc3ccnn3C)sc2C)cc1. The molecule has 6 heteroatoms. The number of thiophene rings is 1. The smallest absolute Gasteiger partial charge is 0.261 e. The van der Waals surface area contributed by atoms with Crippen molar-refractivity contribution in [3.8, 4) is 16.9 Å². The fourth-order valence-electron chi connectivity index (χ4n) is 2.48. The van der Waals surface area contributed by atoms with Crippen molar-refractivity contribution >= 4 is 17.2 Å². The van der Waals surface area contributed by atoms with Gasteiger partial charge in [0, 0.05) is 18.1 Å². The highest BCUT2D eigenvalue weighted by atomic mass is 32.1. The molecule has 1 amide bonds. The molecule has 0 aliphatic heterocycles. The van der Waals surface area contributed by atoms with E-state index in [1.807, 2.05) is 50.4 Å². The second kappa shape index (κ2) is 6.88. The quantitative estimate of drug-likeness (QED) is 0.774. The first-order chi connectivity index (χ1) is 11.6. The van der Waals surface area contributed by atoms with Crippen LogP contribution in [-0.2, 0) is 13.6 Å². The number of hydrogen-bond acceptors (Lipinski definition) is 4. The molecule has 124 valence electrons. The third-order valence-electron chi connectivity index (χ3n) is 3.90. The van der Waals surface area contributed by atoms with E-state index in [1.165, 1.54) is 11.3 Å². The van der Waals surface area contributed by atoms with Crippen LogP contribution in [0.15, 0.2) is 42.6 Å². The van der Waals surface area contributed by atoms with Gasteiger partial charge in [-0.05, 0) is 42.3 Å². The minimum atomic E-state index is -0.0657. The van der Waals surface area contributed by atoms with Gasteiger partial charge in [0.05, 0.1) is 24.2 Å². The Hall–Kier alpha value is -2.60. The lowest BCUT2D eigenvalue weighted by molar-refractivity contribution is 0.0954. The zero-order valence-corrected chi connectivity index (χ0v) is 14.7. The summed E-state index contributed by atoms with van der Waals surface area (Å²) in [4.78, 5) is 14.2. The van der Waals surface area contributed by atoms with Crippen molar-refractivity contribution in [2.45, 2.75) is 13.5 Å². The Bertz CT molecular complexity index is 850. The van der Waals surface area contributed by atoms with E-state index in [2.05, 4.69) is 10.4 Å². The number of carbonyl (C=O) groups is 1. The number of aromatic nitrogens is 2. The minimum Gasteiger partial charge on any atom is -0.497 e. The number of methoxy groups -OCH3 is 1. The molecule has 0 saturated carbocycles. The maximum Gasteiger partial charge on any atom is 0.261 e. The van der Waals surface area contributed by atoms with E-state index in [4.69, 9.17) is 4.74 Å². The highest BCUT2D eigenvalue weighted by Crippen LogP contribution is 2.32. The number of aryl methyl sites for hydroxylation is 2. The van der Waals surface area contributed by atoms with Crippen molar-refractivity contribution in [1.82, 2.24) is 15.1 Å². The summed E-state index contributed by atoms with van der Waals surface area (Å²) in [6, 6.07) is 11.7. The summed E-state index contributed by atoms with van der Waals surface area (Å²) in [5.41, 5.74) is 3.12. The Morgan fingerprint density at radius 3 is 2.67 bits per heavy atom. The molecule has 1 aromatic carbocycles. The second-order valence-electron chi connectivity index (χ2n) is 5.44. The third-order valence-corrected chi connectivity index (χ3v) is 4.94. The van der Waals surface area contributed by atoms with E-state index in [0.29, 0.717) is 11.4 Å². The maximum atomic E-state index is 12.4. The summed E-state index contributed by atoms with van der Waals surface area (Å²) < 4.78 is 6.94. The van der Waals surface area contributed by atoms with Crippen molar-refractivity contribution in [1.29, 1.82) is 0 Å². The van der Waals surface area contributed by atoms with Gasteiger partial charge in [0.15, 0.2) is 0 Å². The third kappa shape index (κ3) is 3.33. The number of nitrogens with zero attached hydrogens (tertiary/aromatic N) is 2. The van der Waals surface area contributed by atoms with Crippen molar-refractivity contribution in [2.75, 3.05) is 7.11 Å². The van der Waals surface area contributed by atoms with E-state index in [9.17, 15) is 4.79 Å². The zero-order valence-electron chi connectivity index (χ0n) is 13.9. The van der Waals surface area contributed by atoms with Crippen molar-refractivity contribution in [2.24, 2.45) is 7.05 Å². The van der Waals surface area contributed by atoms with Crippen LogP contribution in [0.2, 0.25) is 0 Å². The van der Waals surface area contributed by atoms with Gasteiger partial charge in [0.1, 0.15) is 5.75 Å². The van der Waals surface area contributed by atoms with Crippen LogP contribution >= 0.6 is 11.3 Å². The van der Waals surface area contributed by atoms with Crippen LogP contribution in [0.25, 0.3) is 11.1 Å². The number of carbonyl (C=O) groups excluding carboxylic acids is 1. The van der Waals surface area contributed by atoms with Gasteiger partial charge in [-0.2, -0.15) is 5.10 Å². The van der Waals surface area contributed by atoms with Crippen LogP contribution in [0.5, 0.6) is 5.75 Å². The lowest BCUT2D eigenvalue weighted by Crippen LogP contribution is -2.23. The number of nitrogens with one attached hydrogen (secondary N) is 1. The highest BCUT2D eigenvalue weighted by Gasteiger charge is 2.14. The normalized spacial score (nSPS) is 10.6. The van der Waals surface area contributed by atoms with Crippen LogP contribution in [0.1, 0.15) is 20.2 Å². The average molecular weight is 341 g/mol. The molecule has 0 aliphatic carbocycles. The molecule has 24 heavy (non-hydrogen) atoms. The highest BCUT2D eigenvalue weighted by molar-refractivity contribution is 7.14. The predicted octanol–water partition coefficient (Wildman–Crippen LogP) is 3.40. The Morgan fingerprint density at radius 2 is 2.04 bits per heavy atom. The molecule has 0 unspecified atom stereocenters. The first kappa shape index (κ1) is 16.3. The summed E-state index contributed by atoms with van der Waals surface area (Å²) >= 11 is 1.50. The minimum absolute atomic E-state index is 0.0657. The van der Waals surface area contributed by atoms with Gasteiger partial charge >= 0.3 is 0 Å². The van der Waals surface area contributed by atoms with Gasteiger partial charge in [-0.3, -0.25) is 9.48 Å². The molecule has 1 N–H and O–H groups in total. The molecule has 0 bridgehead atoms. The van der Waals surface area contributed by atoms with Gasteiger partial charge in [0.2, 0.25) is 0 Å². The predicted molar refractivity (Wildman–Crippen MR) is 95.4 cm³/mol. The molecule has 5 nitrogen and oxygen atoms in total. The number of rotatable bonds is 5. The van der Waals surface area contributed by atoms with Crippen LogP contribution in [0, 0.1) is 6.92 Å². The Kier molecular flexibility index (Phi) is 4.66. The fraction of sp³-hybridized carbons (Fsp3) is 0.222. The van der Waals surface area contributed by atoms with Crippen LogP contribution in [0.3, 0.4) is 0 Å². The lowest BCUT2D eigenvalue weighted by Gasteiger charge is -2.04. The average Bonchev–Trinajstić information content (AvgIpc) is 3.18. The van der Waals surface area contributed by atoms with E-state index >= 15 is 0 Å². The van der Waals surface area contributed by atoms with E-state index in [1.54, 1.807) is 18.0 Å². The van der Waals surface area contributed by atoms with Gasteiger partial charge in [-0.1, -0.05) is 12.1 Å². The van der Waals surface area contributed by atoms with Crippen LogP contribution < -0.4 is 10.1 Å². The maximum absolute atomic E-state index is 12.4. The molecule has 3 rings (SSSR count). The zero-order chi connectivity index (χ0) is 17.1. The first-order valence-corrected chi connectivity index (χ1v) is 8.40. The molecule has 0 saturated heterocycles. The van der Waals surface area contributed by atoms with Gasteiger partial charge in [-0.15, -0.1) is 11.3 Å².